The van der Waals surface area contributed by atoms with Crippen LogP contribution in [0.3, 0.4) is 0 Å². The van der Waals surface area contributed by atoms with E-state index in [1.165, 1.54) is 0 Å². The summed E-state index contributed by atoms with van der Waals surface area (Å²) in [4.78, 5) is 20.5. The van der Waals surface area contributed by atoms with E-state index in [0.29, 0.717) is 11.6 Å². The van der Waals surface area contributed by atoms with Crippen molar-refractivity contribution < 1.29 is 0 Å². The number of nitrogens with one attached hydrogen (secondary N) is 1. The Morgan fingerprint density at radius 3 is 2.88 bits per heavy atom. The van der Waals surface area contributed by atoms with Crippen LogP contribution in [0.2, 0.25) is 0 Å². The molecule has 0 bridgehead atoms. The quantitative estimate of drug-likeness (QED) is 0.867. The van der Waals surface area contributed by atoms with Gasteiger partial charge >= 0.3 is 0 Å². The molecule has 17 heavy (non-hydrogen) atoms. The first-order valence-electron chi connectivity index (χ1n) is 5.70. The molecule has 0 saturated carbocycles. The van der Waals surface area contributed by atoms with Crippen molar-refractivity contribution in [1.82, 2.24) is 14.5 Å². The summed E-state index contributed by atoms with van der Waals surface area (Å²) in [5.41, 5.74) is 1.51. The molecule has 0 amide bonds. The molecule has 90 valence electrons. The fraction of sp³-hybridized carbons (Fsp3) is 0.417. The second kappa shape index (κ2) is 4.53. The number of hydrogen-bond donors (Lipinski definition) is 1. The maximum Gasteiger partial charge on any atom is 0.255 e. The number of anilines is 1. The Hall–Kier alpha value is -1.91. The molecule has 0 aliphatic heterocycles. The zero-order valence-electron chi connectivity index (χ0n) is 10.3. The highest BCUT2D eigenvalue weighted by Crippen LogP contribution is 2.12. The normalized spacial score (nSPS) is 10.8. The molecule has 0 atom stereocenters. The summed E-state index contributed by atoms with van der Waals surface area (Å²) < 4.78 is 1.59. The first kappa shape index (κ1) is 11.6. The monoisotopic (exact) mass is 232 g/mol. The SMILES string of the molecule is CCCc1cc2cnc(NC)nc2n(C)c1=O. The Kier molecular flexibility index (Phi) is 3.08. The van der Waals surface area contributed by atoms with Crippen LogP contribution in [-0.4, -0.2) is 21.6 Å². The topological polar surface area (TPSA) is 59.8 Å². The van der Waals surface area contributed by atoms with E-state index < -0.39 is 0 Å². The van der Waals surface area contributed by atoms with Gasteiger partial charge in [0.05, 0.1) is 0 Å². The molecule has 0 fully saturated rings. The molecule has 0 unspecified atom stereocenters. The van der Waals surface area contributed by atoms with Gasteiger partial charge in [0.15, 0.2) is 0 Å². The van der Waals surface area contributed by atoms with Gasteiger partial charge in [-0.3, -0.25) is 9.36 Å². The fourth-order valence-electron chi connectivity index (χ4n) is 1.88. The molecule has 0 aliphatic carbocycles. The van der Waals surface area contributed by atoms with Crippen molar-refractivity contribution in [2.24, 2.45) is 7.05 Å². The number of aromatic nitrogens is 3. The number of nitrogens with zero attached hydrogens (tertiary/aromatic N) is 3. The van der Waals surface area contributed by atoms with Gasteiger partial charge in [0.2, 0.25) is 5.95 Å². The molecule has 0 saturated heterocycles. The van der Waals surface area contributed by atoms with Crippen LogP contribution in [0.25, 0.3) is 11.0 Å². The molecule has 1 N–H and O–H groups in total. The molecule has 5 nitrogen and oxygen atoms in total. The molecule has 0 aromatic carbocycles. The van der Waals surface area contributed by atoms with Crippen molar-refractivity contribution in [2.45, 2.75) is 19.8 Å². The minimum Gasteiger partial charge on any atom is -0.357 e. The summed E-state index contributed by atoms with van der Waals surface area (Å²) >= 11 is 0. The van der Waals surface area contributed by atoms with E-state index in [1.807, 2.05) is 6.07 Å². The van der Waals surface area contributed by atoms with Crippen molar-refractivity contribution in [3.63, 3.8) is 0 Å². The van der Waals surface area contributed by atoms with E-state index in [9.17, 15) is 4.79 Å². The summed E-state index contributed by atoms with van der Waals surface area (Å²) in [7, 11) is 3.50. The molecule has 2 aromatic rings. The molecular weight excluding hydrogens is 216 g/mol. The van der Waals surface area contributed by atoms with Gasteiger partial charge < -0.3 is 5.32 Å². The number of rotatable bonds is 3. The van der Waals surface area contributed by atoms with E-state index in [2.05, 4.69) is 22.2 Å². The number of hydrogen-bond acceptors (Lipinski definition) is 4. The van der Waals surface area contributed by atoms with Crippen LogP contribution in [0.1, 0.15) is 18.9 Å². The predicted octanol–water partition coefficient (Wildman–Crippen LogP) is 1.32. The Bertz CT molecular complexity index is 603. The van der Waals surface area contributed by atoms with Gasteiger partial charge in [0.1, 0.15) is 5.65 Å². The highest BCUT2D eigenvalue weighted by molar-refractivity contribution is 5.75. The minimum atomic E-state index is 0.0279. The van der Waals surface area contributed by atoms with Crippen molar-refractivity contribution in [3.8, 4) is 0 Å². The first-order valence-corrected chi connectivity index (χ1v) is 5.70. The third kappa shape index (κ3) is 2.00. The highest BCUT2D eigenvalue weighted by atomic mass is 16.1. The lowest BCUT2D eigenvalue weighted by Crippen LogP contribution is -2.22. The minimum absolute atomic E-state index is 0.0279. The smallest absolute Gasteiger partial charge is 0.255 e. The van der Waals surface area contributed by atoms with Gasteiger partial charge in [-0.05, 0) is 12.5 Å². The second-order valence-corrected chi connectivity index (χ2v) is 4.01. The molecule has 2 aromatic heterocycles. The van der Waals surface area contributed by atoms with Crippen LogP contribution in [0.15, 0.2) is 17.1 Å². The summed E-state index contributed by atoms with van der Waals surface area (Å²) in [6.07, 6.45) is 3.49. The standard InChI is InChI=1S/C12H16N4O/c1-4-5-8-6-9-7-14-12(13-2)15-10(9)16(3)11(8)17/h6-7H,4-5H2,1-3H3,(H,13,14,15). The molecule has 5 heteroatoms. The Balaban J connectivity index is 2.72. The van der Waals surface area contributed by atoms with Crippen LogP contribution in [0.4, 0.5) is 5.95 Å². The summed E-state index contributed by atoms with van der Waals surface area (Å²) in [6, 6.07) is 1.89. The summed E-state index contributed by atoms with van der Waals surface area (Å²) in [6.45, 7) is 2.06. The van der Waals surface area contributed by atoms with E-state index in [0.717, 1.165) is 23.8 Å². The van der Waals surface area contributed by atoms with Gasteiger partial charge in [0.25, 0.3) is 5.56 Å². The van der Waals surface area contributed by atoms with E-state index in [4.69, 9.17) is 0 Å². The number of fused-ring (bicyclic) bond motifs is 1. The van der Waals surface area contributed by atoms with Gasteiger partial charge in [-0.25, -0.2) is 4.98 Å². The average Bonchev–Trinajstić information content (AvgIpc) is 2.35. The van der Waals surface area contributed by atoms with Crippen LogP contribution in [0, 0.1) is 0 Å². The molecule has 0 spiro atoms. The lowest BCUT2D eigenvalue weighted by Gasteiger charge is -2.08. The Labute approximate surface area is 99.5 Å². The lowest BCUT2D eigenvalue weighted by molar-refractivity contribution is 0.829. The molecule has 2 rings (SSSR count). The Morgan fingerprint density at radius 2 is 2.24 bits per heavy atom. The van der Waals surface area contributed by atoms with Gasteiger partial charge in [-0.1, -0.05) is 13.3 Å². The number of pyridine rings is 1. The van der Waals surface area contributed by atoms with Crippen molar-refractivity contribution in [3.05, 3.63) is 28.2 Å². The maximum atomic E-state index is 12.1. The average molecular weight is 232 g/mol. The zero-order chi connectivity index (χ0) is 12.4. The lowest BCUT2D eigenvalue weighted by atomic mass is 10.1. The molecular formula is C12H16N4O. The summed E-state index contributed by atoms with van der Waals surface area (Å²) in [5.74, 6) is 0.524. The van der Waals surface area contributed by atoms with Gasteiger partial charge in [-0.2, -0.15) is 4.98 Å². The van der Waals surface area contributed by atoms with Crippen LogP contribution >= 0.6 is 0 Å². The second-order valence-electron chi connectivity index (χ2n) is 4.01. The third-order valence-electron chi connectivity index (χ3n) is 2.77. The summed E-state index contributed by atoms with van der Waals surface area (Å²) in [5, 5.41) is 3.77. The fourth-order valence-corrected chi connectivity index (χ4v) is 1.88. The molecule has 0 aliphatic rings. The van der Waals surface area contributed by atoms with E-state index >= 15 is 0 Å². The largest absolute Gasteiger partial charge is 0.357 e. The Morgan fingerprint density at radius 1 is 1.47 bits per heavy atom. The number of aryl methyl sites for hydroxylation is 2. The highest BCUT2D eigenvalue weighted by Gasteiger charge is 2.08. The predicted molar refractivity (Wildman–Crippen MR) is 68.3 cm³/mol. The molecule has 2 heterocycles. The first-order chi connectivity index (χ1) is 8.17. The van der Waals surface area contributed by atoms with Crippen molar-refractivity contribution in [2.75, 3.05) is 12.4 Å². The van der Waals surface area contributed by atoms with Crippen molar-refractivity contribution >= 4 is 17.0 Å². The van der Waals surface area contributed by atoms with Gasteiger partial charge in [0, 0.05) is 31.2 Å². The van der Waals surface area contributed by atoms with Crippen LogP contribution in [0.5, 0.6) is 0 Å². The van der Waals surface area contributed by atoms with E-state index in [1.54, 1.807) is 24.9 Å². The zero-order valence-corrected chi connectivity index (χ0v) is 10.3. The van der Waals surface area contributed by atoms with E-state index in [-0.39, 0.29) is 5.56 Å². The van der Waals surface area contributed by atoms with Gasteiger partial charge in [-0.15, -0.1) is 0 Å². The molecule has 0 radical (unpaired) electrons. The third-order valence-corrected chi connectivity index (χ3v) is 2.77. The maximum absolute atomic E-state index is 12.1. The van der Waals surface area contributed by atoms with Crippen LogP contribution < -0.4 is 10.9 Å². The van der Waals surface area contributed by atoms with Crippen molar-refractivity contribution in [1.29, 1.82) is 0 Å². The van der Waals surface area contributed by atoms with Crippen LogP contribution in [-0.2, 0) is 13.5 Å².